The molecule has 2 aromatic heterocycles. The van der Waals surface area contributed by atoms with Crippen molar-refractivity contribution in [3.63, 3.8) is 0 Å². The van der Waals surface area contributed by atoms with Gasteiger partial charge < -0.3 is 9.26 Å². The normalized spacial score (nSPS) is 19.4. The van der Waals surface area contributed by atoms with Gasteiger partial charge in [-0.15, -0.1) is 11.3 Å². The number of hydrogen-bond donors (Lipinski definition) is 0. The minimum atomic E-state index is 0.252. The molecule has 1 saturated heterocycles. The van der Waals surface area contributed by atoms with Gasteiger partial charge in [-0.2, -0.15) is 4.98 Å². The average Bonchev–Trinajstić information content (AvgIpc) is 3.20. The van der Waals surface area contributed by atoms with Crippen LogP contribution in [0.1, 0.15) is 48.2 Å². The molecule has 6 nitrogen and oxygen atoms in total. The fourth-order valence-electron chi connectivity index (χ4n) is 2.67. The van der Waals surface area contributed by atoms with Crippen LogP contribution in [0, 0.1) is 0 Å². The SMILES string of the molecule is CCc1nc([C@@H]2CCCN2Cc2csc(COC)n2)no1. The summed E-state index contributed by atoms with van der Waals surface area (Å²) in [5, 5.41) is 7.26. The summed E-state index contributed by atoms with van der Waals surface area (Å²) in [6.07, 6.45) is 3.03. The first-order valence-electron chi connectivity index (χ1n) is 7.29. The zero-order valence-electron chi connectivity index (χ0n) is 12.4. The van der Waals surface area contributed by atoms with E-state index in [1.165, 1.54) is 0 Å². The summed E-state index contributed by atoms with van der Waals surface area (Å²) in [4.78, 5) is 11.5. The fraction of sp³-hybridized carbons (Fsp3) is 0.643. The lowest BCUT2D eigenvalue weighted by molar-refractivity contribution is 0.184. The third-order valence-corrected chi connectivity index (χ3v) is 4.55. The zero-order valence-corrected chi connectivity index (χ0v) is 13.2. The molecule has 0 radical (unpaired) electrons. The van der Waals surface area contributed by atoms with Crippen LogP contribution in [-0.4, -0.2) is 33.7 Å². The van der Waals surface area contributed by atoms with Gasteiger partial charge in [-0.1, -0.05) is 12.1 Å². The molecule has 0 aromatic carbocycles. The van der Waals surface area contributed by atoms with Crippen molar-refractivity contribution in [1.82, 2.24) is 20.0 Å². The number of ether oxygens (including phenoxy) is 1. The lowest BCUT2D eigenvalue weighted by Gasteiger charge is -2.20. The maximum atomic E-state index is 5.24. The Kier molecular flexibility index (Phi) is 4.62. The second-order valence-electron chi connectivity index (χ2n) is 5.19. The van der Waals surface area contributed by atoms with Gasteiger partial charge >= 0.3 is 0 Å². The van der Waals surface area contributed by atoms with Crippen molar-refractivity contribution in [2.45, 2.75) is 45.4 Å². The first-order valence-corrected chi connectivity index (χ1v) is 8.17. The van der Waals surface area contributed by atoms with Crippen LogP contribution in [0.5, 0.6) is 0 Å². The largest absolute Gasteiger partial charge is 0.378 e. The van der Waals surface area contributed by atoms with E-state index in [1.807, 2.05) is 6.92 Å². The van der Waals surface area contributed by atoms with E-state index in [2.05, 4.69) is 25.4 Å². The molecule has 0 N–H and O–H groups in total. The average molecular weight is 308 g/mol. The minimum absolute atomic E-state index is 0.252. The quantitative estimate of drug-likeness (QED) is 0.817. The topological polar surface area (TPSA) is 64.3 Å². The van der Waals surface area contributed by atoms with E-state index < -0.39 is 0 Å². The predicted octanol–water partition coefficient (Wildman–Crippen LogP) is 2.57. The van der Waals surface area contributed by atoms with Crippen molar-refractivity contribution in [2.24, 2.45) is 0 Å². The van der Waals surface area contributed by atoms with Gasteiger partial charge in [0.15, 0.2) is 5.82 Å². The molecule has 1 aliphatic rings. The summed E-state index contributed by atoms with van der Waals surface area (Å²) in [5.74, 6) is 1.53. The van der Waals surface area contributed by atoms with Gasteiger partial charge in [0.1, 0.15) is 5.01 Å². The Bertz CT molecular complexity index is 583. The minimum Gasteiger partial charge on any atom is -0.378 e. The van der Waals surface area contributed by atoms with Gasteiger partial charge in [-0.05, 0) is 19.4 Å². The lowest BCUT2D eigenvalue weighted by atomic mass is 10.2. The van der Waals surface area contributed by atoms with E-state index in [1.54, 1.807) is 18.4 Å². The summed E-state index contributed by atoms with van der Waals surface area (Å²) in [6.45, 7) is 4.49. The molecular formula is C14H20N4O2S. The first-order chi connectivity index (χ1) is 10.3. The standard InChI is InChI=1S/C14H20N4O2S/c1-3-12-16-14(17-20-12)11-5-4-6-18(11)7-10-9-21-13(15-10)8-19-2/h9,11H,3-8H2,1-2H3/t11-/m0/s1. The highest BCUT2D eigenvalue weighted by Crippen LogP contribution is 2.31. The molecule has 0 amide bonds. The molecule has 0 bridgehead atoms. The van der Waals surface area contributed by atoms with E-state index in [9.17, 15) is 0 Å². The highest BCUT2D eigenvalue weighted by atomic mass is 32.1. The highest BCUT2D eigenvalue weighted by molar-refractivity contribution is 7.09. The number of rotatable bonds is 6. The first kappa shape index (κ1) is 14.6. The Balaban J connectivity index is 1.68. The highest BCUT2D eigenvalue weighted by Gasteiger charge is 2.30. The van der Waals surface area contributed by atoms with E-state index in [0.29, 0.717) is 12.5 Å². The Morgan fingerprint density at radius 3 is 3.14 bits per heavy atom. The molecular weight excluding hydrogens is 288 g/mol. The van der Waals surface area contributed by atoms with Crippen LogP contribution in [0.3, 0.4) is 0 Å². The smallest absolute Gasteiger partial charge is 0.226 e. The molecule has 7 heteroatoms. The Morgan fingerprint density at radius 1 is 1.48 bits per heavy atom. The number of aryl methyl sites for hydroxylation is 1. The Morgan fingerprint density at radius 2 is 2.38 bits per heavy atom. The molecule has 0 saturated carbocycles. The number of thiazole rings is 1. The van der Waals surface area contributed by atoms with Crippen molar-refractivity contribution in [1.29, 1.82) is 0 Å². The summed E-state index contributed by atoms with van der Waals surface area (Å²) in [5.41, 5.74) is 1.10. The fourth-order valence-corrected chi connectivity index (χ4v) is 3.43. The van der Waals surface area contributed by atoms with Crippen molar-refractivity contribution in [3.8, 4) is 0 Å². The maximum Gasteiger partial charge on any atom is 0.226 e. The molecule has 2 aromatic rings. The molecule has 114 valence electrons. The number of aromatic nitrogens is 3. The third kappa shape index (κ3) is 3.30. The summed E-state index contributed by atoms with van der Waals surface area (Å²) in [7, 11) is 1.69. The molecule has 1 fully saturated rings. The summed E-state index contributed by atoms with van der Waals surface area (Å²) < 4.78 is 10.4. The van der Waals surface area contributed by atoms with Crippen molar-refractivity contribution in [2.75, 3.05) is 13.7 Å². The maximum absolute atomic E-state index is 5.24. The molecule has 0 unspecified atom stereocenters. The van der Waals surface area contributed by atoms with Crippen LogP contribution in [0.2, 0.25) is 0 Å². The molecule has 0 spiro atoms. The van der Waals surface area contributed by atoms with Gasteiger partial charge in [-0.3, -0.25) is 4.90 Å². The van der Waals surface area contributed by atoms with Crippen LogP contribution in [0.25, 0.3) is 0 Å². The second kappa shape index (κ2) is 6.64. The molecule has 21 heavy (non-hydrogen) atoms. The molecule has 1 atom stereocenters. The van der Waals surface area contributed by atoms with Gasteiger partial charge in [0.25, 0.3) is 0 Å². The molecule has 0 aliphatic carbocycles. The Labute approximate surface area is 128 Å². The monoisotopic (exact) mass is 308 g/mol. The number of likely N-dealkylation sites (tertiary alicyclic amines) is 1. The van der Waals surface area contributed by atoms with E-state index >= 15 is 0 Å². The zero-order chi connectivity index (χ0) is 14.7. The van der Waals surface area contributed by atoms with E-state index in [4.69, 9.17) is 9.26 Å². The van der Waals surface area contributed by atoms with Crippen LogP contribution < -0.4 is 0 Å². The predicted molar refractivity (Wildman–Crippen MR) is 78.9 cm³/mol. The van der Waals surface area contributed by atoms with Crippen molar-refractivity contribution >= 4 is 11.3 Å². The van der Waals surface area contributed by atoms with E-state index in [-0.39, 0.29) is 6.04 Å². The summed E-state index contributed by atoms with van der Waals surface area (Å²) in [6, 6.07) is 0.252. The molecule has 3 rings (SSSR count). The molecule has 1 aliphatic heterocycles. The number of nitrogens with zero attached hydrogens (tertiary/aromatic N) is 4. The van der Waals surface area contributed by atoms with E-state index in [0.717, 1.165) is 48.9 Å². The number of methoxy groups -OCH3 is 1. The van der Waals surface area contributed by atoms with Gasteiger partial charge in [0.2, 0.25) is 5.89 Å². The van der Waals surface area contributed by atoms with Crippen molar-refractivity contribution in [3.05, 3.63) is 27.8 Å². The van der Waals surface area contributed by atoms with Gasteiger partial charge in [0.05, 0.1) is 18.3 Å². The number of hydrogen-bond acceptors (Lipinski definition) is 7. The lowest BCUT2D eigenvalue weighted by Crippen LogP contribution is -2.23. The van der Waals surface area contributed by atoms with Crippen LogP contribution in [0.15, 0.2) is 9.90 Å². The van der Waals surface area contributed by atoms with Gasteiger partial charge in [-0.25, -0.2) is 4.98 Å². The second-order valence-corrected chi connectivity index (χ2v) is 6.14. The van der Waals surface area contributed by atoms with Crippen LogP contribution >= 0.6 is 11.3 Å². The van der Waals surface area contributed by atoms with Crippen LogP contribution in [0.4, 0.5) is 0 Å². The van der Waals surface area contributed by atoms with Crippen molar-refractivity contribution < 1.29 is 9.26 Å². The molecule has 3 heterocycles. The van der Waals surface area contributed by atoms with Gasteiger partial charge in [0, 0.05) is 25.5 Å². The summed E-state index contributed by atoms with van der Waals surface area (Å²) >= 11 is 1.65. The Hall–Kier alpha value is -1.31. The third-order valence-electron chi connectivity index (χ3n) is 3.68. The van der Waals surface area contributed by atoms with Crippen LogP contribution in [-0.2, 0) is 24.3 Å².